The molecule has 1 fully saturated rings. The molecule has 1 aliphatic carbocycles. The number of hydrogen-bond donors (Lipinski definition) is 4. The Kier molecular flexibility index (Phi) is 5.08. The third-order valence-corrected chi connectivity index (χ3v) is 5.97. The Morgan fingerprint density at radius 2 is 1.79 bits per heavy atom. The average molecular weight is 395 g/mol. The summed E-state index contributed by atoms with van der Waals surface area (Å²) < 4.78 is 0.565. The van der Waals surface area contributed by atoms with Crippen LogP contribution in [0.3, 0.4) is 0 Å². The van der Waals surface area contributed by atoms with E-state index in [0.29, 0.717) is 28.8 Å². The van der Waals surface area contributed by atoms with Crippen molar-refractivity contribution in [2.24, 2.45) is 0 Å². The molecular weight excluding hydrogens is 368 g/mol. The van der Waals surface area contributed by atoms with Gasteiger partial charge in [0.2, 0.25) is 0 Å². The zero-order chi connectivity index (χ0) is 19.8. The molecule has 2 atom stereocenters. The van der Waals surface area contributed by atoms with Crippen molar-refractivity contribution in [3.8, 4) is 0 Å². The fourth-order valence-electron chi connectivity index (χ4n) is 3.78. The summed E-state index contributed by atoms with van der Waals surface area (Å²) in [6, 6.07) is 10.6. The van der Waals surface area contributed by atoms with Crippen LogP contribution >= 0.6 is 12.2 Å². The highest BCUT2D eigenvalue weighted by molar-refractivity contribution is 7.71. The van der Waals surface area contributed by atoms with Gasteiger partial charge in [0.1, 0.15) is 0 Å². The van der Waals surface area contributed by atoms with Gasteiger partial charge in [0.05, 0.1) is 11.0 Å². The van der Waals surface area contributed by atoms with Gasteiger partial charge in [0.25, 0.3) is 5.91 Å². The molecule has 146 valence electrons. The summed E-state index contributed by atoms with van der Waals surface area (Å²) >= 11 is 5.08. The molecule has 1 heterocycles. The Morgan fingerprint density at radius 3 is 2.54 bits per heavy atom. The minimum Gasteiger partial charge on any atom is -0.351 e. The third-order valence-electron chi connectivity index (χ3n) is 5.76. The average Bonchev–Trinajstić information content (AvgIpc) is 3.34. The minimum absolute atomic E-state index is 0.0682. The second kappa shape index (κ2) is 7.53. The van der Waals surface area contributed by atoms with Crippen molar-refractivity contribution in [3.05, 3.63) is 62.9 Å². The van der Waals surface area contributed by atoms with E-state index < -0.39 is 0 Å². The van der Waals surface area contributed by atoms with Crippen LogP contribution in [0.15, 0.2) is 30.3 Å². The maximum Gasteiger partial charge on any atom is 0.251 e. The van der Waals surface area contributed by atoms with Gasteiger partial charge in [-0.3, -0.25) is 4.79 Å². The largest absolute Gasteiger partial charge is 0.351 e. The van der Waals surface area contributed by atoms with Crippen LogP contribution in [0.5, 0.6) is 0 Å². The molecule has 4 rings (SSSR count). The zero-order valence-corrected chi connectivity index (χ0v) is 17.3. The fraction of sp³-hybridized carbons (Fsp3) is 0.364. The number of hydrogen-bond acceptors (Lipinski definition) is 3. The molecule has 5 nitrogen and oxygen atoms in total. The molecule has 2 aromatic carbocycles. The molecule has 6 heteroatoms. The lowest BCUT2D eigenvalue weighted by atomic mass is 9.98. The number of aromatic amines is 2. The number of nitrogens with one attached hydrogen (secondary N) is 4. The number of imidazole rings is 1. The van der Waals surface area contributed by atoms with Gasteiger partial charge in [-0.2, -0.15) is 0 Å². The summed E-state index contributed by atoms with van der Waals surface area (Å²) in [6.45, 7) is 7.93. The van der Waals surface area contributed by atoms with Crippen LogP contribution in [-0.2, 0) is 0 Å². The molecule has 1 amide bonds. The van der Waals surface area contributed by atoms with E-state index in [9.17, 15) is 4.79 Å². The van der Waals surface area contributed by atoms with E-state index in [4.69, 9.17) is 12.2 Å². The number of fused-ring (bicyclic) bond motifs is 1. The normalized spacial score (nSPS) is 18.4. The van der Waals surface area contributed by atoms with Gasteiger partial charge in [0.15, 0.2) is 4.77 Å². The topological polar surface area (TPSA) is 72.7 Å². The first kappa shape index (κ1) is 18.9. The van der Waals surface area contributed by atoms with Crippen molar-refractivity contribution in [3.63, 3.8) is 0 Å². The molecule has 4 N–H and O–H groups in total. The number of benzene rings is 2. The number of rotatable bonds is 6. The Bertz CT molecular complexity index is 1070. The van der Waals surface area contributed by atoms with Crippen molar-refractivity contribution in [1.82, 2.24) is 20.6 Å². The molecule has 0 saturated heterocycles. The summed E-state index contributed by atoms with van der Waals surface area (Å²) in [7, 11) is 0. The van der Waals surface area contributed by atoms with E-state index in [0.717, 1.165) is 17.6 Å². The van der Waals surface area contributed by atoms with Gasteiger partial charge in [0, 0.05) is 30.6 Å². The highest BCUT2D eigenvalue weighted by Crippen LogP contribution is 2.41. The maximum absolute atomic E-state index is 12.4. The van der Waals surface area contributed by atoms with E-state index in [1.54, 1.807) is 0 Å². The number of H-pyrrole nitrogens is 2. The number of aromatic nitrogens is 2. The van der Waals surface area contributed by atoms with Gasteiger partial charge in [-0.05, 0) is 79.9 Å². The van der Waals surface area contributed by atoms with Crippen molar-refractivity contribution in [2.75, 3.05) is 13.1 Å². The van der Waals surface area contributed by atoms with Crippen LogP contribution in [0.4, 0.5) is 0 Å². The predicted molar refractivity (Wildman–Crippen MR) is 116 cm³/mol. The molecule has 28 heavy (non-hydrogen) atoms. The van der Waals surface area contributed by atoms with Gasteiger partial charge in [-0.1, -0.05) is 12.1 Å². The van der Waals surface area contributed by atoms with Crippen molar-refractivity contribution in [2.45, 2.75) is 39.2 Å². The quantitative estimate of drug-likeness (QED) is 0.377. The van der Waals surface area contributed by atoms with Gasteiger partial charge in [-0.25, -0.2) is 0 Å². The highest BCUT2D eigenvalue weighted by Gasteiger charge is 2.37. The minimum atomic E-state index is -0.0682. The summed E-state index contributed by atoms with van der Waals surface area (Å²) in [5.74, 6) is 0.522. The molecule has 3 aromatic rings. The molecule has 2 unspecified atom stereocenters. The van der Waals surface area contributed by atoms with Crippen molar-refractivity contribution >= 4 is 29.2 Å². The molecule has 0 radical (unpaired) electrons. The van der Waals surface area contributed by atoms with Crippen LogP contribution in [0.2, 0.25) is 0 Å². The van der Waals surface area contributed by atoms with Crippen LogP contribution in [0, 0.1) is 25.5 Å². The maximum atomic E-state index is 12.4. The van der Waals surface area contributed by atoms with Crippen LogP contribution in [-0.4, -0.2) is 35.0 Å². The number of aryl methyl sites for hydroxylation is 2. The summed E-state index contributed by atoms with van der Waals surface area (Å²) in [4.78, 5) is 18.4. The number of amides is 1. The van der Waals surface area contributed by atoms with Crippen LogP contribution in [0.1, 0.15) is 45.0 Å². The van der Waals surface area contributed by atoms with E-state index in [1.165, 1.54) is 28.7 Å². The van der Waals surface area contributed by atoms with Gasteiger partial charge in [-0.15, -0.1) is 0 Å². The molecule has 1 aromatic heterocycles. The van der Waals surface area contributed by atoms with Crippen molar-refractivity contribution in [1.29, 1.82) is 0 Å². The molecule has 1 aliphatic rings. The predicted octanol–water partition coefficient (Wildman–Crippen LogP) is 4.03. The number of carbonyl (C=O) groups excluding carboxylic acids is 1. The Balaban J connectivity index is 1.26. The van der Waals surface area contributed by atoms with Crippen molar-refractivity contribution < 1.29 is 4.79 Å². The number of carbonyl (C=O) groups is 1. The molecular formula is C22H26N4OS. The third kappa shape index (κ3) is 3.88. The summed E-state index contributed by atoms with van der Waals surface area (Å²) in [6.07, 6.45) is 1.17. The lowest BCUT2D eigenvalue weighted by Gasteiger charge is -2.10. The summed E-state index contributed by atoms with van der Waals surface area (Å²) in [5.41, 5.74) is 7.94. The van der Waals surface area contributed by atoms with Gasteiger partial charge >= 0.3 is 0 Å². The lowest BCUT2D eigenvalue weighted by molar-refractivity contribution is 0.0954. The van der Waals surface area contributed by atoms with E-state index in [2.05, 4.69) is 53.5 Å². The van der Waals surface area contributed by atoms with Crippen LogP contribution < -0.4 is 10.6 Å². The van der Waals surface area contributed by atoms with Crippen LogP contribution in [0.25, 0.3) is 11.0 Å². The van der Waals surface area contributed by atoms with Gasteiger partial charge < -0.3 is 20.6 Å². The van der Waals surface area contributed by atoms with E-state index >= 15 is 0 Å². The van der Waals surface area contributed by atoms with E-state index in [-0.39, 0.29) is 5.91 Å². The lowest BCUT2D eigenvalue weighted by Crippen LogP contribution is -2.33. The SMILES string of the molecule is Cc1cc(C2CC2NCCNC(=O)c2ccc3[nH]c(=S)[nH]c3c2)cc(C)c1C. The smallest absolute Gasteiger partial charge is 0.251 e. The first-order chi connectivity index (χ1) is 13.4. The Hall–Kier alpha value is -2.44. The standard InChI is InChI=1S/C22H26N4OS/c1-12-8-16(9-13(2)14(12)3)17-11-19(17)23-6-7-24-21(27)15-4-5-18-20(10-15)26-22(28)25-18/h4-5,8-10,17,19,23H,6-7,11H2,1-3H3,(H,24,27)(H2,25,26,28). The molecule has 0 spiro atoms. The second-order valence-corrected chi connectivity index (χ2v) is 8.19. The highest BCUT2D eigenvalue weighted by atomic mass is 32.1. The second-order valence-electron chi connectivity index (χ2n) is 7.78. The van der Waals surface area contributed by atoms with E-state index in [1.807, 2.05) is 18.2 Å². The fourth-order valence-corrected chi connectivity index (χ4v) is 4.00. The first-order valence-electron chi connectivity index (χ1n) is 9.74. The summed E-state index contributed by atoms with van der Waals surface area (Å²) in [5, 5.41) is 6.54. The molecule has 0 aliphatic heterocycles. The Morgan fingerprint density at radius 1 is 1.07 bits per heavy atom. The first-order valence-corrected chi connectivity index (χ1v) is 10.1. The zero-order valence-electron chi connectivity index (χ0n) is 16.5. The monoisotopic (exact) mass is 394 g/mol. The Labute approximate surface area is 169 Å². The molecule has 1 saturated carbocycles. The molecule has 0 bridgehead atoms.